The summed E-state index contributed by atoms with van der Waals surface area (Å²) in [7, 11) is 0. The number of carbonyl (C=O) groups excluding carboxylic acids is 2. The van der Waals surface area contributed by atoms with Crippen molar-refractivity contribution in [2.75, 3.05) is 46.2 Å². The number of carbonyl (C=O) groups is 2. The minimum absolute atomic E-state index is 0.146. The lowest BCUT2D eigenvalue weighted by molar-refractivity contribution is -0.384. The Labute approximate surface area is 243 Å². The summed E-state index contributed by atoms with van der Waals surface area (Å²) in [6.45, 7) is 13.8. The highest BCUT2D eigenvalue weighted by molar-refractivity contribution is 6.00. The van der Waals surface area contributed by atoms with E-state index >= 15 is 0 Å². The van der Waals surface area contributed by atoms with E-state index in [4.69, 9.17) is 33.3 Å². The van der Waals surface area contributed by atoms with Crippen LogP contribution in [0.15, 0.2) is 24.3 Å². The van der Waals surface area contributed by atoms with Crippen molar-refractivity contribution >= 4 is 11.9 Å². The number of hydrogen-bond acceptors (Lipinski definition) is 10. The molecule has 3 aliphatic rings. The summed E-state index contributed by atoms with van der Waals surface area (Å²) in [6.07, 6.45) is 3.63. The molecule has 10 nitrogen and oxygen atoms in total. The highest BCUT2D eigenvalue weighted by Crippen LogP contribution is 2.51. The van der Waals surface area contributed by atoms with Crippen LogP contribution in [0.1, 0.15) is 72.8 Å². The Balaban J connectivity index is 1.43. The average molecular weight is 578 g/mol. The fourth-order valence-corrected chi connectivity index (χ4v) is 6.12. The molecule has 0 bridgehead atoms. The first-order chi connectivity index (χ1) is 19.6. The van der Waals surface area contributed by atoms with Crippen LogP contribution in [0.4, 0.5) is 0 Å². The molecule has 0 aromatic heterocycles. The Kier molecular flexibility index (Phi) is 10.0. The van der Waals surface area contributed by atoms with Crippen molar-refractivity contribution in [2.45, 2.75) is 96.6 Å². The van der Waals surface area contributed by atoms with Gasteiger partial charge in [-0.15, -0.1) is 0 Å². The molecule has 3 aliphatic heterocycles. The molecule has 1 atom stereocenters. The smallest absolute Gasteiger partial charge is 0.328 e. The molecule has 0 radical (unpaired) electrons. The number of nitrogens with zero attached hydrogens (tertiary/aromatic N) is 1. The van der Waals surface area contributed by atoms with E-state index in [1.165, 1.54) is 0 Å². The number of hydroxylamine groups is 2. The van der Waals surface area contributed by atoms with E-state index in [0.717, 1.165) is 37.2 Å². The third-order valence-corrected chi connectivity index (χ3v) is 8.47. The Hall–Kier alpha value is -2.24. The first-order valence-corrected chi connectivity index (χ1v) is 15.0. The van der Waals surface area contributed by atoms with Gasteiger partial charge in [-0.25, -0.2) is 0 Å². The molecule has 0 aliphatic carbocycles. The molecule has 0 N–H and O–H groups in total. The van der Waals surface area contributed by atoms with Gasteiger partial charge < -0.3 is 28.4 Å². The molecule has 0 saturated carbocycles. The van der Waals surface area contributed by atoms with E-state index in [9.17, 15) is 9.59 Å². The molecule has 230 valence electrons. The van der Waals surface area contributed by atoms with Crippen molar-refractivity contribution in [1.82, 2.24) is 5.06 Å². The van der Waals surface area contributed by atoms with Crippen LogP contribution in [0, 0.1) is 5.41 Å². The van der Waals surface area contributed by atoms with E-state index < -0.39 is 28.7 Å². The molecule has 4 rings (SSSR count). The van der Waals surface area contributed by atoms with Crippen LogP contribution >= 0.6 is 0 Å². The number of ether oxygens (including phenoxy) is 6. The second-order valence-corrected chi connectivity index (χ2v) is 11.9. The Morgan fingerprint density at radius 1 is 0.927 bits per heavy atom. The third kappa shape index (κ3) is 6.88. The first kappa shape index (κ1) is 31.7. The number of benzene rings is 1. The van der Waals surface area contributed by atoms with Gasteiger partial charge in [-0.1, -0.05) is 26.0 Å². The Morgan fingerprint density at radius 2 is 1.51 bits per heavy atom. The molecule has 1 aromatic rings. The summed E-state index contributed by atoms with van der Waals surface area (Å²) in [5, 5.41) is 2.14. The maximum atomic E-state index is 12.9. The standard InChI is InChI=1S/C31H47NO9/c1-7-29(8-2)20-31(39-21-30(22-40-31,26(33)35-9-3)27(34)36-10-4)19-28(5,6)32(29)41-16-15-23-11-13-24(14-12-23)37-17-25-18-38-25/h11-14,25H,7-10,15-22H2,1-6H3. The second kappa shape index (κ2) is 13.0. The normalized spacial score (nSPS) is 24.0. The monoisotopic (exact) mass is 577 g/mol. The molecule has 1 aromatic carbocycles. The van der Waals surface area contributed by atoms with Crippen molar-refractivity contribution in [2.24, 2.45) is 5.41 Å². The molecular formula is C31H47NO9. The van der Waals surface area contributed by atoms with Crippen LogP contribution in [-0.4, -0.2) is 86.2 Å². The summed E-state index contributed by atoms with van der Waals surface area (Å²) in [4.78, 5) is 32.4. The maximum absolute atomic E-state index is 12.9. The van der Waals surface area contributed by atoms with Gasteiger partial charge in [-0.3, -0.25) is 14.4 Å². The van der Waals surface area contributed by atoms with Crippen LogP contribution in [0.5, 0.6) is 5.75 Å². The molecule has 3 saturated heterocycles. The lowest BCUT2D eigenvalue weighted by Gasteiger charge is -2.60. The van der Waals surface area contributed by atoms with Gasteiger partial charge in [0.15, 0.2) is 5.79 Å². The predicted molar refractivity (Wildman–Crippen MR) is 150 cm³/mol. The summed E-state index contributed by atoms with van der Waals surface area (Å²) >= 11 is 0. The molecule has 10 heteroatoms. The predicted octanol–water partition coefficient (Wildman–Crippen LogP) is 4.23. The van der Waals surface area contributed by atoms with Gasteiger partial charge in [-0.2, -0.15) is 5.06 Å². The van der Waals surface area contributed by atoms with Gasteiger partial charge >= 0.3 is 11.9 Å². The zero-order chi connectivity index (χ0) is 29.7. The summed E-state index contributed by atoms with van der Waals surface area (Å²) in [5.74, 6) is -1.49. The third-order valence-electron chi connectivity index (χ3n) is 8.47. The number of esters is 2. The SMILES string of the molecule is CCOC(=O)C1(C(=O)OCC)COC2(CC(C)(C)N(OCCc3ccc(OCC4CO4)cc3)C(CC)(CC)C2)OC1. The summed E-state index contributed by atoms with van der Waals surface area (Å²) in [6, 6.07) is 8.11. The van der Waals surface area contributed by atoms with Crippen molar-refractivity contribution in [1.29, 1.82) is 0 Å². The van der Waals surface area contributed by atoms with Crippen molar-refractivity contribution in [3.05, 3.63) is 29.8 Å². The fraction of sp³-hybridized carbons (Fsp3) is 0.742. The zero-order valence-corrected chi connectivity index (χ0v) is 25.5. The minimum atomic E-state index is -1.64. The molecule has 1 unspecified atom stereocenters. The molecule has 3 fully saturated rings. The van der Waals surface area contributed by atoms with Crippen LogP contribution in [-0.2, 0) is 44.5 Å². The first-order valence-electron chi connectivity index (χ1n) is 15.0. The summed E-state index contributed by atoms with van der Waals surface area (Å²) in [5.41, 5.74) is -1.31. The number of piperidine rings is 1. The number of hydrogen-bond donors (Lipinski definition) is 0. The molecule has 41 heavy (non-hydrogen) atoms. The number of epoxide rings is 1. The van der Waals surface area contributed by atoms with E-state index in [-0.39, 0.29) is 38.1 Å². The highest BCUT2D eigenvalue weighted by atomic mass is 16.7. The van der Waals surface area contributed by atoms with E-state index in [1.54, 1.807) is 13.8 Å². The van der Waals surface area contributed by atoms with E-state index in [2.05, 4.69) is 44.9 Å². The minimum Gasteiger partial charge on any atom is -0.491 e. The zero-order valence-electron chi connectivity index (χ0n) is 25.5. The number of rotatable bonds is 13. The van der Waals surface area contributed by atoms with E-state index in [0.29, 0.717) is 26.1 Å². The molecule has 0 amide bonds. The van der Waals surface area contributed by atoms with Gasteiger partial charge in [0.25, 0.3) is 0 Å². The molecule has 3 heterocycles. The van der Waals surface area contributed by atoms with Gasteiger partial charge in [-0.05, 0) is 64.7 Å². The second-order valence-electron chi connectivity index (χ2n) is 11.9. The maximum Gasteiger partial charge on any atom is 0.328 e. The highest BCUT2D eigenvalue weighted by Gasteiger charge is 2.63. The summed E-state index contributed by atoms with van der Waals surface area (Å²) < 4.78 is 34.2. The fourth-order valence-electron chi connectivity index (χ4n) is 6.12. The topological polar surface area (TPSA) is 105 Å². The molecule has 1 spiro atoms. The quantitative estimate of drug-likeness (QED) is 0.192. The average Bonchev–Trinajstić information content (AvgIpc) is 3.79. The van der Waals surface area contributed by atoms with E-state index in [1.807, 2.05) is 12.1 Å². The van der Waals surface area contributed by atoms with Gasteiger partial charge in [0.05, 0.1) is 45.2 Å². The largest absolute Gasteiger partial charge is 0.491 e. The van der Waals surface area contributed by atoms with Gasteiger partial charge in [0, 0.05) is 18.4 Å². The van der Waals surface area contributed by atoms with Crippen molar-refractivity contribution < 1.29 is 42.8 Å². The van der Waals surface area contributed by atoms with Gasteiger partial charge in [0.2, 0.25) is 5.41 Å². The van der Waals surface area contributed by atoms with Crippen molar-refractivity contribution in [3.63, 3.8) is 0 Å². The Morgan fingerprint density at radius 3 is 2.02 bits per heavy atom. The Bertz CT molecular complexity index is 1000. The van der Waals surface area contributed by atoms with Crippen molar-refractivity contribution in [3.8, 4) is 5.75 Å². The van der Waals surface area contributed by atoms with Crippen LogP contribution in [0.3, 0.4) is 0 Å². The van der Waals surface area contributed by atoms with Crippen LogP contribution < -0.4 is 4.74 Å². The molecular weight excluding hydrogens is 530 g/mol. The lowest BCUT2D eigenvalue weighted by atomic mass is 9.72. The van der Waals surface area contributed by atoms with Crippen LogP contribution in [0.25, 0.3) is 0 Å². The van der Waals surface area contributed by atoms with Crippen LogP contribution in [0.2, 0.25) is 0 Å². The van der Waals surface area contributed by atoms with Gasteiger partial charge in [0.1, 0.15) is 18.5 Å². The lowest BCUT2D eigenvalue weighted by Crippen LogP contribution is -2.70.